The molecular formula is C26H32N4O3. The Kier molecular flexibility index (Phi) is 7.08. The summed E-state index contributed by atoms with van der Waals surface area (Å²) in [6.07, 6.45) is 3.63. The van der Waals surface area contributed by atoms with E-state index in [-0.39, 0.29) is 29.8 Å². The Hall–Kier alpha value is -3.19. The molecule has 0 radical (unpaired) electrons. The fourth-order valence-electron chi connectivity index (χ4n) is 4.94. The molecule has 0 bridgehead atoms. The van der Waals surface area contributed by atoms with Gasteiger partial charge in [0.25, 0.3) is 0 Å². The van der Waals surface area contributed by atoms with Crippen molar-refractivity contribution in [1.82, 2.24) is 15.5 Å². The SMILES string of the molecule is C[C@H](N)C(=O)N[C@H]1CCCC2CC[C@@H](C(=O)NC(c3ccccc3)c3ccccc3)N2C1=O. The van der Waals surface area contributed by atoms with Crippen LogP contribution in [0.15, 0.2) is 60.7 Å². The molecule has 2 fully saturated rings. The van der Waals surface area contributed by atoms with Crippen LogP contribution >= 0.6 is 0 Å². The molecule has 2 aromatic rings. The molecule has 7 heteroatoms. The summed E-state index contributed by atoms with van der Waals surface area (Å²) in [5, 5.41) is 5.99. The number of carbonyl (C=O) groups is 3. The van der Waals surface area contributed by atoms with Crippen LogP contribution in [0, 0.1) is 0 Å². The first-order valence-corrected chi connectivity index (χ1v) is 11.7. The summed E-state index contributed by atoms with van der Waals surface area (Å²) >= 11 is 0. The van der Waals surface area contributed by atoms with E-state index in [0.717, 1.165) is 30.4 Å². The van der Waals surface area contributed by atoms with Crippen LogP contribution in [0.3, 0.4) is 0 Å². The number of benzene rings is 2. The molecule has 174 valence electrons. The Labute approximate surface area is 194 Å². The van der Waals surface area contributed by atoms with E-state index in [1.54, 1.807) is 11.8 Å². The molecule has 2 saturated heterocycles. The molecule has 0 saturated carbocycles. The minimum atomic E-state index is -0.688. The predicted molar refractivity (Wildman–Crippen MR) is 126 cm³/mol. The molecular weight excluding hydrogens is 416 g/mol. The lowest BCUT2D eigenvalue weighted by Gasteiger charge is -2.32. The van der Waals surface area contributed by atoms with Crippen LogP contribution in [0.2, 0.25) is 0 Å². The minimum absolute atomic E-state index is 0.0253. The molecule has 1 unspecified atom stereocenters. The molecule has 2 aliphatic heterocycles. The monoisotopic (exact) mass is 448 g/mol. The van der Waals surface area contributed by atoms with Gasteiger partial charge in [0.1, 0.15) is 12.1 Å². The van der Waals surface area contributed by atoms with E-state index in [0.29, 0.717) is 12.8 Å². The van der Waals surface area contributed by atoms with E-state index < -0.39 is 18.1 Å². The molecule has 2 heterocycles. The Morgan fingerprint density at radius 3 is 2.12 bits per heavy atom. The third-order valence-corrected chi connectivity index (χ3v) is 6.67. The zero-order valence-electron chi connectivity index (χ0n) is 18.9. The first kappa shape index (κ1) is 23.0. The largest absolute Gasteiger partial charge is 0.343 e. The smallest absolute Gasteiger partial charge is 0.246 e. The summed E-state index contributed by atoms with van der Waals surface area (Å²) in [4.78, 5) is 40.8. The maximum atomic E-state index is 13.5. The summed E-state index contributed by atoms with van der Waals surface area (Å²) in [5.41, 5.74) is 7.65. The van der Waals surface area contributed by atoms with Gasteiger partial charge in [-0.1, -0.05) is 60.7 Å². The van der Waals surface area contributed by atoms with Gasteiger partial charge in [-0.15, -0.1) is 0 Å². The lowest BCUT2D eigenvalue weighted by atomic mass is 9.98. The van der Waals surface area contributed by atoms with E-state index >= 15 is 0 Å². The number of rotatable bonds is 6. The highest BCUT2D eigenvalue weighted by Gasteiger charge is 2.45. The molecule has 0 spiro atoms. The highest BCUT2D eigenvalue weighted by Crippen LogP contribution is 2.33. The van der Waals surface area contributed by atoms with Crippen molar-refractivity contribution in [2.45, 2.75) is 69.2 Å². The van der Waals surface area contributed by atoms with E-state index in [1.165, 1.54) is 0 Å². The Morgan fingerprint density at radius 2 is 1.55 bits per heavy atom. The first-order chi connectivity index (χ1) is 16.0. The van der Waals surface area contributed by atoms with Gasteiger partial charge in [-0.2, -0.15) is 0 Å². The number of nitrogens with one attached hydrogen (secondary N) is 2. The molecule has 4 N–H and O–H groups in total. The fourth-order valence-corrected chi connectivity index (χ4v) is 4.94. The number of hydrogen-bond donors (Lipinski definition) is 3. The summed E-state index contributed by atoms with van der Waals surface area (Å²) in [5.74, 6) is -0.692. The Morgan fingerprint density at radius 1 is 0.939 bits per heavy atom. The third kappa shape index (κ3) is 5.09. The quantitative estimate of drug-likeness (QED) is 0.631. The molecule has 2 aromatic carbocycles. The fraction of sp³-hybridized carbons (Fsp3) is 0.423. The van der Waals surface area contributed by atoms with Gasteiger partial charge in [0.05, 0.1) is 12.1 Å². The van der Waals surface area contributed by atoms with Gasteiger partial charge in [-0.25, -0.2) is 0 Å². The van der Waals surface area contributed by atoms with E-state index in [4.69, 9.17) is 5.73 Å². The molecule has 0 aliphatic carbocycles. The second kappa shape index (κ2) is 10.2. The number of nitrogens with two attached hydrogens (primary N) is 1. The van der Waals surface area contributed by atoms with Crippen LogP contribution in [-0.2, 0) is 14.4 Å². The van der Waals surface area contributed by atoms with E-state index in [1.807, 2.05) is 60.7 Å². The van der Waals surface area contributed by atoms with Crippen LogP contribution in [0.25, 0.3) is 0 Å². The molecule has 4 atom stereocenters. The number of nitrogens with zero attached hydrogens (tertiary/aromatic N) is 1. The highest BCUT2D eigenvalue weighted by molar-refractivity contribution is 5.94. The van der Waals surface area contributed by atoms with E-state index in [2.05, 4.69) is 10.6 Å². The second-order valence-corrected chi connectivity index (χ2v) is 9.04. The van der Waals surface area contributed by atoms with Crippen molar-refractivity contribution in [3.05, 3.63) is 71.8 Å². The van der Waals surface area contributed by atoms with Gasteiger partial charge in [-0.3, -0.25) is 14.4 Å². The van der Waals surface area contributed by atoms with Crippen molar-refractivity contribution in [3.63, 3.8) is 0 Å². The number of fused-ring (bicyclic) bond motifs is 1. The summed E-state index contributed by atoms with van der Waals surface area (Å²) in [6.45, 7) is 1.60. The molecule has 7 nitrogen and oxygen atoms in total. The topological polar surface area (TPSA) is 105 Å². The minimum Gasteiger partial charge on any atom is -0.343 e. The van der Waals surface area contributed by atoms with Crippen molar-refractivity contribution in [2.75, 3.05) is 0 Å². The molecule has 2 aliphatic rings. The van der Waals surface area contributed by atoms with Crippen LogP contribution in [0.5, 0.6) is 0 Å². The molecule has 4 rings (SSSR count). The normalized spacial score (nSPS) is 23.5. The average Bonchev–Trinajstić information content (AvgIpc) is 3.19. The zero-order chi connectivity index (χ0) is 23.4. The highest BCUT2D eigenvalue weighted by atomic mass is 16.2. The first-order valence-electron chi connectivity index (χ1n) is 11.7. The predicted octanol–water partition coefficient (Wildman–Crippen LogP) is 2.27. The summed E-state index contributed by atoms with van der Waals surface area (Å²) < 4.78 is 0. The average molecular weight is 449 g/mol. The van der Waals surface area contributed by atoms with Gasteiger partial charge in [0, 0.05) is 6.04 Å². The van der Waals surface area contributed by atoms with Gasteiger partial charge in [-0.05, 0) is 50.2 Å². The second-order valence-electron chi connectivity index (χ2n) is 9.04. The van der Waals surface area contributed by atoms with Gasteiger partial charge in [0.15, 0.2) is 0 Å². The molecule has 3 amide bonds. The Bertz CT molecular complexity index is 940. The van der Waals surface area contributed by atoms with Crippen molar-refractivity contribution < 1.29 is 14.4 Å². The number of amides is 3. The summed E-state index contributed by atoms with van der Waals surface area (Å²) in [7, 11) is 0. The van der Waals surface area contributed by atoms with Crippen LogP contribution in [0.1, 0.15) is 56.2 Å². The lowest BCUT2D eigenvalue weighted by molar-refractivity contribution is -0.143. The maximum absolute atomic E-state index is 13.5. The lowest BCUT2D eigenvalue weighted by Crippen LogP contribution is -2.56. The van der Waals surface area contributed by atoms with Gasteiger partial charge in [0.2, 0.25) is 17.7 Å². The van der Waals surface area contributed by atoms with Gasteiger partial charge < -0.3 is 21.3 Å². The van der Waals surface area contributed by atoms with E-state index in [9.17, 15) is 14.4 Å². The van der Waals surface area contributed by atoms with Crippen LogP contribution in [-0.4, -0.2) is 46.8 Å². The van der Waals surface area contributed by atoms with Crippen molar-refractivity contribution in [1.29, 1.82) is 0 Å². The van der Waals surface area contributed by atoms with Crippen molar-refractivity contribution >= 4 is 17.7 Å². The summed E-state index contributed by atoms with van der Waals surface area (Å²) in [6, 6.07) is 17.5. The third-order valence-electron chi connectivity index (χ3n) is 6.67. The Balaban J connectivity index is 1.55. The molecule has 0 aromatic heterocycles. The van der Waals surface area contributed by atoms with Crippen molar-refractivity contribution in [2.24, 2.45) is 5.73 Å². The number of carbonyl (C=O) groups excluding carboxylic acids is 3. The van der Waals surface area contributed by atoms with Crippen molar-refractivity contribution in [3.8, 4) is 0 Å². The molecule has 33 heavy (non-hydrogen) atoms. The van der Waals surface area contributed by atoms with Gasteiger partial charge >= 0.3 is 0 Å². The zero-order valence-corrected chi connectivity index (χ0v) is 18.9. The maximum Gasteiger partial charge on any atom is 0.246 e. The van der Waals surface area contributed by atoms with Crippen LogP contribution < -0.4 is 16.4 Å². The standard InChI is InChI=1S/C26H32N4O3/c1-17(27)24(31)28-21-14-8-13-20-15-16-22(30(20)26(21)33)25(32)29-23(18-9-4-2-5-10-18)19-11-6-3-7-12-19/h2-7,9-12,17,20-23H,8,13-16,27H2,1H3,(H,28,31)(H,29,32)/t17-,20?,21-,22-/m0/s1. The van der Waals surface area contributed by atoms with Crippen LogP contribution in [0.4, 0.5) is 0 Å². The number of hydrogen-bond acceptors (Lipinski definition) is 4.